The number of hydrogen-bond acceptors (Lipinski definition) is 2. The molecular formula is C27H35N3O. The molecule has 3 rings (SSSR count). The van der Waals surface area contributed by atoms with Crippen molar-refractivity contribution < 1.29 is 4.79 Å². The highest BCUT2D eigenvalue weighted by molar-refractivity contribution is 5.83. The molecule has 4 heteroatoms. The Morgan fingerprint density at radius 2 is 1.77 bits per heavy atom. The van der Waals surface area contributed by atoms with Crippen molar-refractivity contribution in [1.82, 2.24) is 9.88 Å². The van der Waals surface area contributed by atoms with Gasteiger partial charge in [-0.3, -0.25) is 4.79 Å². The first-order valence-electron chi connectivity index (χ1n) is 11.4. The molecule has 1 heterocycles. The van der Waals surface area contributed by atoms with Gasteiger partial charge in [-0.2, -0.15) is 0 Å². The Kier molecular flexibility index (Phi) is 8.92. The summed E-state index contributed by atoms with van der Waals surface area (Å²) in [7, 11) is 0. The smallest absolute Gasteiger partial charge is 0.222 e. The second kappa shape index (κ2) is 12.1. The average molecular weight is 418 g/mol. The number of hydrogen-bond donors (Lipinski definition) is 2. The number of para-hydroxylation sites is 1. The van der Waals surface area contributed by atoms with Crippen LogP contribution in [0.3, 0.4) is 0 Å². The number of benzene rings is 2. The van der Waals surface area contributed by atoms with Crippen LogP contribution in [0.25, 0.3) is 17.0 Å². The second-order valence-electron chi connectivity index (χ2n) is 8.28. The van der Waals surface area contributed by atoms with Gasteiger partial charge in [0.1, 0.15) is 0 Å². The molecule has 4 nitrogen and oxygen atoms in total. The minimum atomic E-state index is 0.244. The monoisotopic (exact) mass is 417 g/mol. The molecule has 2 aromatic carbocycles. The lowest BCUT2D eigenvalue weighted by Crippen LogP contribution is -2.33. The lowest BCUT2D eigenvalue weighted by molar-refractivity contribution is -0.131. The molecule has 0 aliphatic heterocycles. The molecule has 1 aromatic heterocycles. The SMILES string of the molecule is C/C(=C\c1ccccc1)CN(CCCCCN)C(=O)CCCc1c[nH]c2ccccc12. The van der Waals surface area contributed by atoms with Crippen LogP contribution in [0.4, 0.5) is 0 Å². The van der Waals surface area contributed by atoms with E-state index in [1.807, 2.05) is 29.2 Å². The normalized spacial score (nSPS) is 11.7. The number of carbonyl (C=O) groups excluding carboxylic acids is 1. The summed E-state index contributed by atoms with van der Waals surface area (Å²) in [5.41, 5.74) is 10.5. The Morgan fingerprint density at radius 3 is 2.58 bits per heavy atom. The van der Waals surface area contributed by atoms with E-state index in [4.69, 9.17) is 5.73 Å². The second-order valence-corrected chi connectivity index (χ2v) is 8.28. The molecule has 3 N–H and O–H groups in total. The molecular weight excluding hydrogens is 382 g/mol. The summed E-state index contributed by atoms with van der Waals surface area (Å²) < 4.78 is 0. The summed E-state index contributed by atoms with van der Waals surface area (Å²) in [6.07, 6.45) is 9.69. The number of amides is 1. The molecule has 0 atom stereocenters. The van der Waals surface area contributed by atoms with E-state index >= 15 is 0 Å². The Hall–Kier alpha value is -2.85. The van der Waals surface area contributed by atoms with Crippen LogP contribution < -0.4 is 5.73 Å². The van der Waals surface area contributed by atoms with Gasteiger partial charge in [-0.25, -0.2) is 0 Å². The lowest BCUT2D eigenvalue weighted by atomic mass is 10.1. The Morgan fingerprint density at radius 1 is 1.00 bits per heavy atom. The van der Waals surface area contributed by atoms with E-state index in [-0.39, 0.29) is 5.91 Å². The van der Waals surface area contributed by atoms with Crippen molar-refractivity contribution >= 4 is 22.9 Å². The van der Waals surface area contributed by atoms with Crippen LogP contribution in [-0.2, 0) is 11.2 Å². The van der Waals surface area contributed by atoms with Gasteiger partial charge < -0.3 is 15.6 Å². The zero-order valence-electron chi connectivity index (χ0n) is 18.6. The fourth-order valence-corrected chi connectivity index (χ4v) is 4.02. The van der Waals surface area contributed by atoms with Crippen LogP contribution in [0.5, 0.6) is 0 Å². The topological polar surface area (TPSA) is 62.1 Å². The third-order valence-electron chi connectivity index (χ3n) is 5.65. The van der Waals surface area contributed by atoms with Gasteiger partial charge in [0.05, 0.1) is 0 Å². The van der Waals surface area contributed by atoms with Crippen molar-refractivity contribution in [1.29, 1.82) is 0 Å². The van der Waals surface area contributed by atoms with Gasteiger partial charge in [-0.1, -0.05) is 66.6 Å². The van der Waals surface area contributed by atoms with Crippen LogP contribution in [0.1, 0.15) is 50.2 Å². The number of nitrogens with two attached hydrogens (primary N) is 1. The largest absolute Gasteiger partial charge is 0.361 e. The van der Waals surface area contributed by atoms with Gasteiger partial charge in [0.15, 0.2) is 0 Å². The zero-order chi connectivity index (χ0) is 21.9. The molecule has 0 saturated carbocycles. The van der Waals surface area contributed by atoms with Crippen LogP contribution >= 0.6 is 0 Å². The predicted octanol–water partition coefficient (Wildman–Crippen LogP) is 5.55. The number of nitrogens with one attached hydrogen (secondary N) is 1. The first-order valence-corrected chi connectivity index (χ1v) is 11.4. The van der Waals surface area contributed by atoms with Gasteiger partial charge >= 0.3 is 0 Å². The number of aromatic nitrogens is 1. The lowest BCUT2D eigenvalue weighted by Gasteiger charge is -2.23. The van der Waals surface area contributed by atoms with Crippen molar-refractivity contribution in [3.8, 4) is 0 Å². The first-order chi connectivity index (χ1) is 15.2. The van der Waals surface area contributed by atoms with E-state index in [1.54, 1.807) is 0 Å². The van der Waals surface area contributed by atoms with Gasteiger partial charge in [0, 0.05) is 36.6 Å². The van der Waals surface area contributed by atoms with E-state index in [0.717, 1.165) is 44.2 Å². The summed E-state index contributed by atoms with van der Waals surface area (Å²) in [4.78, 5) is 18.4. The van der Waals surface area contributed by atoms with Crippen molar-refractivity contribution in [3.63, 3.8) is 0 Å². The highest BCUT2D eigenvalue weighted by atomic mass is 16.2. The van der Waals surface area contributed by atoms with Crippen molar-refractivity contribution in [2.45, 2.75) is 45.4 Å². The molecule has 0 aliphatic carbocycles. The van der Waals surface area contributed by atoms with E-state index < -0.39 is 0 Å². The van der Waals surface area contributed by atoms with E-state index in [9.17, 15) is 4.79 Å². The fourth-order valence-electron chi connectivity index (χ4n) is 4.02. The predicted molar refractivity (Wildman–Crippen MR) is 131 cm³/mol. The molecule has 0 aliphatic rings. The number of fused-ring (bicyclic) bond motifs is 1. The summed E-state index contributed by atoms with van der Waals surface area (Å²) in [5, 5.41) is 1.26. The minimum absolute atomic E-state index is 0.244. The molecule has 0 spiro atoms. The Labute approximate surface area is 186 Å². The number of nitrogens with zero attached hydrogens (tertiary/aromatic N) is 1. The van der Waals surface area contributed by atoms with Gasteiger partial charge in [-0.05, 0) is 56.3 Å². The number of aryl methyl sites for hydroxylation is 1. The maximum absolute atomic E-state index is 13.1. The average Bonchev–Trinajstić information content (AvgIpc) is 3.19. The van der Waals surface area contributed by atoms with E-state index in [2.05, 4.69) is 54.5 Å². The number of aromatic amines is 1. The quantitative estimate of drug-likeness (QED) is 0.379. The van der Waals surface area contributed by atoms with Crippen LogP contribution in [0.2, 0.25) is 0 Å². The summed E-state index contributed by atoms with van der Waals surface area (Å²) in [6, 6.07) is 18.6. The first kappa shape index (κ1) is 22.8. The van der Waals surface area contributed by atoms with E-state index in [0.29, 0.717) is 19.5 Å². The van der Waals surface area contributed by atoms with Crippen LogP contribution in [-0.4, -0.2) is 35.4 Å². The third kappa shape index (κ3) is 7.11. The third-order valence-corrected chi connectivity index (χ3v) is 5.65. The minimum Gasteiger partial charge on any atom is -0.361 e. The van der Waals surface area contributed by atoms with Gasteiger partial charge in [0.25, 0.3) is 0 Å². The maximum Gasteiger partial charge on any atom is 0.222 e. The molecule has 164 valence electrons. The van der Waals surface area contributed by atoms with Crippen LogP contribution in [0, 0.1) is 0 Å². The summed E-state index contributed by atoms with van der Waals surface area (Å²) in [6.45, 7) is 4.31. The maximum atomic E-state index is 13.1. The number of unbranched alkanes of at least 4 members (excludes halogenated alkanes) is 2. The Balaban J connectivity index is 1.57. The summed E-state index contributed by atoms with van der Waals surface area (Å²) >= 11 is 0. The molecule has 31 heavy (non-hydrogen) atoms. The molecule has 0 unspecified atom stereocenters. The zero-order valence-corrected chi connectivity index (χ0v) is 18.6. The Bertz CT molecular complexity index is 974. The van der Waals surface area contributed by atoms with Crippen molar-refractivity contribution in [3.05, 3.63) is 77.5 Å². The molecule has 1 amide bonds. The molecule has 0 radical (unpaired) electrons. The highest BCUT2D eigenvalue weighted by Crippen LogP contribution is 2.20. The van der Waals surface area contributed by atoms with Gasteiger partial charge in [0.2, 0.25) is 5.91 Å². The summed E-state index contributed by atoms with van der Waals surface area (Å²) in [5.74, 6) is 0.244. The number of rotatable bonds is 12. The molecule has 0 bridgehead atoms. The molecule has 3 aromatic rings. The molecule has 0 fully saturated rings. The van der Waals surface area contributed by atoms with E-state index in [1.165, 1.54) is 22.1 Å². The van der Waals surface area contributed by atoms with Crippen LogP contribution in [0.15, 0.2) is 66.4 Å². The standard InChI is InChI=1S/C27H35N3O/c1-22(19-23-11-4-2-5-12-23)21-30(18-9-3-8-17-28)27(31)16-10-13-24-20-29-26-15-7-6-14-25(24)26/h2,4-7,11-12,14-15,19-20,29H,3,8-10,13,16-18,21,28H2,1H3/b22-19+. The number of H-pyrrole nitrogens is 1. The highest BCUT2D eigenvalue weighted by Gasteiger charge is 2.14. The van der Waals surface area contributed by atoms with Gasteiger partial charge in [-0.15, -0.1) is 0 Å². The van der Waals surface area contributed by atoms with Crippen molar-refractivity contribution in [2.75, 3.05) is 19.6 Å². The fraction of sp³-hybridized carbons (Fsp3) is 0.370. The molecule has 0 saturated heterocycles. The number of carbonyl (C=O) groups is 1. The van der Waals surface area contributed by atoms with Crippen molar-refractivity contribution in [2.24, 2.45) is 5.73 Å².